The first-order valence-electron chi connectivity index (χ1n) is 2.76. The van der Waals surface area contributed by atoms with Gasteiger partial charge in [0.25, 0.3) is 0 Å². The zero-order valence-corrected chi connectivity index (χ0v) is 5.53. The Hall–Kier alpha value is -1.52. The van der Waals surface area contributed by atoms with Crippen molar-refractivity contribution in [1.82, 2.24) is 9.66 Å². The summed E-state index contributed by atoms with van der Waals surface area (Å²) in [7, 11) is 0. The van der Waals surface area contributed by atoms with Crippen LogP contribution < -0.4 is 11.2 Å². The zero-order chi connectivity index (χ0) is 7.56. The summed E-state index contributed by atoms with van der Waals surface area (Å²) in [4.78, 5) is 14.1. The number of anilines is 1. The molecule has 1 heterocycles. The average Bonchev–Trinajstić information content (AvgIpc) is 2.15. The molecule has 0 unspecified atom stereocenters. The summed E-state index contributed by atoms with van der Waals surface area (Å²) in [6.45, 7) is 1.40. The van der Waals surface area contributed by atoms with Crippen molar-refractivity contribution >= 4 is 11.9 Å². The van der Waals surface area contributed by atoms with Crippen molar-refractivity contribution in [2.75, 3.05) is 11.2 Å². The molecule has 0 saturated heterocycles. The fourth-order valence-electron chi connectivity index (χ4n) is 0.579. The van der Waals surface area contributed by atoms with E-state index in [0.29, 0.717) is 0 Å². The Kier molecular flexibility index (Phi) is 1.57. The molecule has 1 aromatic rings. The monoisotopic (exact) mass is 140 g/mol. The van der Waals surface area contributed by atoms with Gasteiger partial charge in [-0.15, -0.1) is 0 Å². The Bertz CT molecular complexity index is 242. The summed E-state index contributed by atoms with van der Waals surface area (Å²) in [5.41, 5.74) is 7.77. The van der Waals surface area contributed by atoms with E-state index in [1.807, 2.05) is 0 Å². The van der Waals surface area contributed by atoms with Crippen molar-refractivity contribution in [2.24, 2.45) is 0 Å². The molecule has 0 bridgehead atoms. The fraction of sp³-hybridized carbons (Fsp3) is 0.200. The quantitative estimate of drug-likeness (QED) is 0.555. The van der Waals surface area contributed by atoms with Crippen LogP contribution in [0.25, 0.3) is 0 Å². The molecular formula is C5H8N4O. The van der Waals surface area contributed by atoms with Crippen LogP contribution in [0.4, 0.5) is 5.95 Å². The lowest BCUT2D eigenvalue weighted by molar-refractivity contribution is -0.115. The van der Waals surface area contributed by atoms with Gasteiger partial charge in [0, 0.05) is 19.3 Å². The Labute approximate surface area is 57.8 Å². The van der Waals surface area contributed by atoms with E-state index in [9.17, 15) is 4.79 Å². The second-order valence-electron chi connectivity index (χ2n) is 1.82. The lowest BCUT2D eigenvalue weighted by Crippen LogP contribution is -2.20. The van der Waals surface area contributed by atoms with Crippen molar-refractivity contribution in [2.45, 2.75) is 6.92 Å². The number of aromatic nitrogens is 2. The highest BCUT2D eigenvalue weighted by molar-refractivity contribution is 5.81. The molecule has 0 aromatic carbocycles. The van der Waals surface area contributed by atoms with Crippen molar-refractivity contribution in [3.63, 3.8) is 0 Å². The maximum atomic E-state index is 10.4. The molecule has 0 saturated carbocycles. The molecule has 0 fully saturated rings. The number of hydrogen-bond donors (Lipinski definition) is 2. The Morgan fingerprint density at radius 2 is 2.60 bits per heavy atom. The minimum Gasteiger partial charge on any atom is -0.368 e. The lowest BCUT2D eigenvalue weighted by Gasteiger charge is -2.01. The van der Waals surface area contributed by atoms with Crippen LogP contribution in [0.3, 0.4) is 0 Å². The van der Waals surface area contributed by atoms with Crippen LogP contribution >= 0.6 is 0 Å². The van der Waals surface area contributed by atoms with Gasteiger partial charge in [-0.2, -0.15) is 0 Å². The van der Waals surface area contributed by atoms with Crippen LogP contribution in [0.1, 0.15) is 6.92 Å². The third-order valence-electron chi connectivity index (χ3n) is 0.947. The smallest absolute Gasteiger partial charge is 0.235 e. The number of carbonyl (C=O) groups excluding carboxylic acids is 1. The summed E-state index contributed by atoms with van der Waals surface area (Å²) >= 11 is 0. The highest BCUT2D eigenvalue weighted by Crippen LogP contribution is 1.92. The average molecular weight is 140 g/mol. The molecule has 5 nitrogen and oxygen atoms in total. The van der Waals surface area contributed by atoms with E-state index < -0.39 is 0 Å². The largest absolute Gasteiger partial charge is 0.368 e. The van der Waals surface area contributed by atoms with E-state index in [0.717, 1.165) is 0 Å². The van der Waals surface area contributed by atoms with E-state index in [2.05, 4.69) is 10.4 Å². The van der Waals surface area contributed by atoms with E-state index in [4.69, 9.17) is 5.73 Å². The molecule has 1 rings (SSSR count). The van der Waals surface area contributed by atoms with Gasteiger partial charge in [0.2, 0.25) is 11.9 Å². The predicted octanol–water partition coefficient (Wildman–Crippen LogP) is -0.445. The molecule has 1 amide bonds. The van der Waals surface area contributed by atoms with Crippen LogP contribution in [0, 0.1) is 0 Å². The van der Waals surface area contributed by atoms with Crippen LogP contribution in [-0.2, 0) is 4.79 Å². The number of nitrogen functional groups attached to an aromatic ring is 1. The van der Waals surface area contributed by atoms with Crippen LogP contribution in [-0.4, -0.2) is 15.6 Å². The normalized spacial score (nSPS) is 9.30. The van der Waals surface area contributed by atoms with E-state index in [-0.39, 0.29) is 11.9 Å². The molecule has 0 aliphatic carbocycles. The van der Waals surface area contributed by atoms with Gasteiger partial charge in [-0.3, -0.25) is 10.2 Å². The SMILES string of the molecule is CC(=O)Nn1ccnc1N. The molecule has 54 valence electrons. The Balaban J connectivity index is 2.74. The summed E-state index contributed by atoms with van der Waals surface area (Å²) < 4.78 is 1.35. The number of nitrogens with zero attached hydrogens (tertiary/aromatic N) is 2. The second-order valence-corrected chi connectivity index (χ2v) is 1.82. The predicted molar refractivity (Wildman–Crippen MR) is 36.7 cm³/mol. The van der Waals surface area contributed by atoms with E-state index in [1.54, 1.807) is 6.20 Å². The van der Waals surface area contributed by atoms with Crippen molar-refractivity contribution in [1.29, 1.82) is 0 Å². The topological polar surface area (TPSA) is 72.9 Å². The van der Waals surface area contributed by atoms with Crippen LogP contribution in [0.15, 0.2) is 12.4 Å². The molecule has 5 heteroatoms. The van der Waals surface area contributed by atoms with E-state index in [1.165, 1.54) is 17.8 Å². The van der Waals surface area contributed by atoms with Crippen LogP contribution in [0.5, 0.6) is 0 Å². The molecule has 1 aromatic heterocycles. The summed E-state index contributed by atoms with van der Waals surface area (Å²) in [6.07, 6.45) is 3.07. The van der Waals surface area contributed by atoms with Gasteiger partial charge in [0.1, 0.15) is 0 Å². The van der Waals surface area contributed by atoms with E-state index >= 15 is 0 Å². The molecular weight excluding hydrogens is 132 g/mol. The number of carbonyl (C=O) groups is 1. The van der Waals surface area contributed by atoms with Gasteiger partial charge in [0.05, 0.1) is 0 Å². The fourth-order valence-corrected chi connectivity index (χ4v) is 0.579. The number of nitrogens with two attached hydrogens (primary N) is 1. The first-order chi connectivity index (χ1) is 4.70. The van der Waals surface area contributed by atoms with Crippen molar-refractivity contribution < 1.29 is 4.79 Å². The zero-order valence-electron chi connectivity index (χ0n) is 5.53. The molecule has 10 heavy (non-hydrogen) atoms. The summed E-state index contributed by atoms with van der Waals surface area (Å²) in [5, 5.41) is 0. The van der Waals surface area contributed by atoms with Gasteiger partial charge in [-0.05, 0) is 0 Å². The number of hydrogen-bond acceptors (Lipinski definition) is 3. The minimum absolute atomic E-state index is 0.176. The molecule has 0 radical (unpaired) electrons. The van der Waals surface area contributed by atoms with Crippen LogP contribution in [0.2, 0.25) is 0 Å². The maximum Gasteiger partial charge on any atom is 0.235 e. The molecule has 3 N–H and O–H groups in total. The standard InChI is InChI=1S/C5H8N4O/c1-4(10)8-9-3-2-7-5(9)6/h2-3H,1H3,(H2,6,7)(H,8,10). The van der Waals surface area contributed by atoms with Gasteiger partial charge in [-0.1, -0.05) is 0 Å². The lowest BCUT2D eigenvalue weighted by atomic mass is 10.7. The number of nitrogens with one attached hydrogen (secondary N) is 1. The van der Waals surface area contributed by atoms with Gasteiger partial charge in [0.15, 0.2) is 0 Å². The molecule has 0 atom stereocenters. The second kappa shape index (κ2) is 2.38. The summed E-state index contributed by atoms with van der Waals surface area (Å²) in [6, 6.07) is 0. The first kappa shape index (κ1) is 6.60. The highest BCUT2D eigenvalue weighted by atomic mass is 16.2. The Morgan fingerprint density at radius 3 is 3.00 bits per heavy atom. The van der Waals surface area contributed by atoms with Gasteiger partial charge < -0.3 is 5.73 Å². The molecule has 0 aliphatic heterocycles. The van der Waals surface area contributed by atoms with Crippen molar-refractivity contribution in [3.05, 3.63) is 12.4 Å². The number of imidazole rings is 1. The third-order valence-corrected chi connectivity index (χ3v) is 0.947. The number of rotatable bonds is 1. The third kappa shape index (κ3) is 1.25. The maximum absolute atomic E-state index is 10.4. The minimum atomic E-state index is -0.176. The van der Waals surface area contributed by atoms with Gasteiger partial charge in [-0.25, -0.2) is 9.66 Å². The first-order valence-corrected chi connectivity index (χ1v) is 2.76. The molecule has 0 aliphatic rings. The number of amides is 1. The summed E-state index contributed by atoms with van der Waals surface area (Å²) in [5.74, 6) is 0.0971. The molecule has 0 spiro atoms. The van der Waals surface area contributed by atoms with Gasteiger partial charge >= 0.3 is 0 Å². The Morgan fingerprint density at radius 1 is 1.90 bits per heavy atom. The highest BCUT2D eigenvalue weighted by Gasteiger charge is 1.96. The van der Waals surface area contributed by atoms with Crippen molar-refractivity contribution in [3.8, 4) is 0 Å².